The van der Waals surface area contributed by atoms with Gasteiger partial charge in [0.25, 0.3) is 5.91 Å². The molecule has 0 spiro atoms. The van der Waals surface area contributed by atoms with Gasteiger partial charge in [0.1, 0.15) is 23.8 Å². The van der Waals surface area contributed by atoms with Gasteiger partial charge < -0.3 is 19.1 Å². The average molecular weight is 407 g/mol. The van der Waals surface area contributed by atoms with Crippen LogP contribution in [0.25, 0.3) is 10.9 Å². The van der Waals surface area contributed by atoms with Crippen molar-refractivity contribution in [3.63, 3.8) is 0 Å². The summed E-state index contributed by atoms with van der Waals surface area (Å²) in [6, 6.07) is 6.20. The molecule has 1 saturated heterocycles. The average Bonchev–Trinajstić information content (AvgIpc) is 3.08. The van der Waals surface area contributed by atoms with E-state index in [-0.39, 0.29) is 12.0 Å². The maximum Gasteiger partial charge on any atom is 0.259 e. The van der Waals surface area contributed by atoms with E-state index in [1.54, 1.807) is 20.2 Å². The van der Waals surface area contributed by atoms with Crippen molar-refractivity contribution in [2.45, 2.75) is 39.2 Å². The lowest BCUT2D eigenvalue weighted by Crippen LogP contribution is -2.49. The van der Waals surface area contributed by atoms with Gasteiger partial charge in [-0.25, -0.2) is 9.97 Å². The van der Waals surface area contributed by atoms with Crippen molar-refractivity contribution in [1.82, 2.24) is 20.0 Å². The maximum atomic E-state index is 12.9. The third-order valence-corrected chi connectivity index (χ3v) is 6.09. The number of hydrogen-bond donors (Lipinski definition) is 0. The van der Waals surface area contributed by atoms with Gasteiger partial charge >= 0.3 is 0 Å². The molecule has 0 N–H and O–H groups in total. The van der Waals surface area contributed by atoms with Gasteiger partial charge in [0, 0.05) is 31.9 Å². The SMILES string of the molecule is Cc1noc(C)c1C(=O)N1CCN(c2ccc3ncnc(OC4CCC4)c3c2)CC1. The second-order valence-electron chi connectivity index (χ2n) is 8.03. The summed E-state index contributed by atoms with van der Waals surface area (Å²) >= 11 is 0. The standard InChI is InChI=1S/C22H25N5O3/c1-14-20(15(2)30-25-14)22(28)27-10-8-26(9-11-27)16-6-7-19-18(12-16)21(24-13-23-19)29-17-4-3-5-17/h6-7,12-13,17H,3-5,8-11H2,1-2H3. The summed E-state index contributed by atoms with van der Waals surface area (Å²) in [5.41, 5.74) is 3.22. The summed E-state index contributed by atoms with van der Waals surface area (Å²) in [7, 11) is 0. The van der Waals surface area contributed by atoms with Crippen LogP contribution in [0.3, 0.4) is 0 Å². The molecule has 0 radical (unpaired) electrons. The predicted molar refractivity (Wildman–Crippen MR) is 112 cm³/mol. The van der Waals surface area contributed by atoms with Crippen LogP contribution in [0.1, 0.15) is 41.1 Å². The molecular weight excluding hydrogens is 382 g/mol. The van der Waals surface area contributed by atoms with Crippen molar-refractivity contribution in [3.05, 3.63) is 41.5 Å². The second kappa shape index (κ2) is 7.59. The van der Waals surface area contributed by atoms with Gasteiger partial charge in [-0.1, -0.05) is 5.16 Å². The van der Waals surface area contributed by atoms with E-state index >= 15 is 0 Å². The van der Waals surface area contributed by atoms with E-state index < -0.39 is 0 Å². The molecule has 1 aromatic carbocycles. The van der Waals surface area contributed by atoms with Crippen LogP contribution in [0.4, 0.5) is 5.69 Å². The fraction of sp³-hybridized carbons (Fsp3) is 0.455. The lowest BCUT2D eigenvalue weighted by molar-refractivity contribution is 0.0744. The van der Waals surface area contributed by atoms with Gasteiger partial charge in [0.05, 0.1) is 16.6 Å². The van der Waals surface area contributed by atoms with E-state index in [0.717, 1.165) is 42.5 Å². The van der Waals surface area contributed by atoms with Crippen molar-refractivity contribution in [1.29, 1.82) is 0 Å². The zero-order valence-electron chi connectivity index (χ0n) is 17.3. The topological polar surface area (TPSA) is 84.6 Å². The highest BCUT2D eigenvalue weighted by atomic mass is 16.5. The molecule has 8 nitrogen and oxygen atoms in total. The van der Waals surface area contributed by atoms with Crippen molar-refractivity contribution < 1.29 is 14.1 Å². The summed E-state index contributed by atoms with van der Waals surface area (Å²) < 4.78 is 11.2. The van der Waals surface area contributed by atoms with Crippen LogP contribution >= 0.6 is 0 Å². The van der Waals surface area contributed by atoms with Gasteiger partial charge in [-0.3, -0.25) is 4.79 Å². The molecule has 1 aliphatic heterocycles. The van der Waals surface area contributed by atoms with E-state index in [1.165, 1.54) is 6.42 Å². The lowest BCUT2D eigenvalue weighted by atomic mass is 9.96. The Labute approximate surface area is 174 Å². The van der Waals surface area contributed by atoms with Gasteiger partial charge in [-0.15, -0.1) is 0 Å². The molecule has 1 aliphatic carbocycles. The zero-order valence-corrected chi connectivity index (χ0v) is 17.3. The van der Waals surface area contributed by atoms with Crippen LogP contribution in [0, 0.1) is 13.8 Å². The number of carbonyl (C=O) groups is 1. The highest BCUT2D eigenvalue weighted by Gasteiger charge is 2.27. The number of fused-ring (bicyclic) bond motifs is 1. The Kier molecular flexibility index (Phi) is 4.77. The number of amides is 1. The van der Waals surface area contributed by atoms with Gasteiger partial charge in [-0.05, 0) is 51.3 Å². The fourth-order valence-electron chi connectivity index (χ4n) is 4.07. The monoisotopic (exact) mass is 407 g/mol. The molecular formula is C22H25N5O3. The van der Waals surface area contributed by atoms with E-state index in [4.69, 9.17) is 9.26 Å². The van der Waals surface area contributed by atoms with Crippen LogP contribution in [0.2, 0.25) is 0 Å². The van der Waals surface area contributed by atoms with Gasteiger partial charge in [-0.2, -0.15) is 0 Å². The van der Waals surface area contributed by atoms with Crippen LogP contribution in [-0.2, 0) is 0 Å². The van der Waals surface area contributed by atoms with Crippen molar-refractivity contribution in [2.24, 2.45) is 0 Å². The highest BCUT2D eigenvalue weighted by Crippen LogP contribution is 2.31. The first-order chi connectivity index (χ1) is 14.6. The minimum Gasteiger partial charge on any atom is -0.474 e. The van der Waals surface area contributed by atoms with E-state index in [0.29, 0.717) is 36.0 Å². The number of hydrogen-bond acceptors (Lipinski definition) is 7. The van der Waals surface area contributed by atoms with Gasteiger partial charge in [0.15, 0.2) is 0 Å². The Morgan fingerprint density at radius 1 is 1.13 bits per heavy atom. The molecule has 0 atom stereocenters. The Balaban J connectivity index is 1.32. The van der Waals surface area contributed by atoms with Crippen molar-refractivity contribution in [3.8, 4) is 5.88 Å². The molecule has 8 heteroatoms. The van der Waals surface area contributed by atoms with Crippen molar-refractivity contribution >= 4 is 22.5 Å². The molecule has 2 fully saturated rings. The molecule has 2 aromatic heterocycles. The first-order valence-electron chi connectivity index (χ1n) is 10.5. The number of carbonyl (C=O) groups excluding carboxylic acids is 1. The minimum atomic E-state index is -0.00556. The first kappa shape index (κ1) is 18.8. The third-order valence-electron chi connectivity index (χ3n) is 6.09. The molecule has 5 rings (SSSR count). The molecule has 1 amide bonds. The van der Waals surface area contributed by atoms with E-state index in [2.05, 4.69) is 32.2 Å². The number of piperazine rings is 1. The molecule has 0 bridgehead atoms. The summed E-state index contributed by atoms with van der Waals surface area (Å²) in [5.74, 6) is 1.24. The Morgan fingerprint density at radius 3 is 2.60 bits per heavy atom. The van der Waals surface area contributed by atoms with Crippen molar-refractivity contribution in [2.75, 3.05) is 31.1 Å². The third kappa shape index (κ3) is 3.36. The van der Waals surface area contributed by atoms with Crippen LogP contribution < -0.4 is 9.64 Å². The Bertz CT molecular complexity index is 1060. The fourth-order valence-corrected chi connectivity index (χ4v) is 4.07. The summed E-state index contributed by atoms with van der Waals surface area (Å²) in [5, 5.41) is 4.85. The summed E-state index contributed by atoms with van der Waals surface area (Å²) in [4.78, 5) is 25.8. The number of nitrogens with zero attached hydrogens (tertiary/aromatic N) is 5. The normalized spacial score (nSPS) is 17.3. The van der Waals surface area contributed by atoms with Crippen LogP contribution in [-0.4, -0.2) is 58.2 Å². The van der Waals surface area contributed by atoms with E-state index in [1.807, 2.05) is 11.0 Å². The van der Waals surface area contributed by atoms with Gasteiger partial charge in [0.2, 0.25) is 5.88 Å². The molecule has 156 valence electrons. The smallest absolute Gasteiger partial charge is 0.259 e. The largest absolute Gasteiger partial charge is 0.474 e. The second-order valence-corrected chi connectivity index (χ2v) is 8.03. The number of aromatic nitrogens is 3. The number of rotatable bonds is 4. The molecule has 2 aliphatic rings. The number of aryl methyl sites for hydroxylation is 2. The van der Waals surface area contributed by atoms with Crippen LogP contribution in [0.5, 0.6) is 5.88 Å². The molecule has 3 aromatic rings. The number of ether oxygens (including phenoxy) is 1. The maximum absolute atomic E-state index is 12.9. The number of anilines is 1. The summed E-state index contributed by atoms with van der Waals surface area (Å²) in [6.45, 7) is 6.40. The minimum absolute atomic E-state index is 0.00556. The Hall–Kier alpha value is -3.16. The first-order valence-corrected chi connectivity index (χ1v) is 10.5. The zero-order chi connectivity index (χ0) is 20.7. The molecule has 3 heterocycles. The Morgan fingerprint density at radius 2 is 1.93 bits per heavy atom. The van der Waals surface area contributed by atoms with E-state index in [9.17, 15) is 4.79 Å². The quantitative estimate of drug-likeness (QED) is 0.657. The predicted octanol–water partition coefficient (Wildman–Crippen LogP) is 3.13. The molecule has 1 saturated carbocycles. The summed E-state index contributed by atoms with van der Waals surface area (Å²) in [6.07, 6.45) is 5.23. The molecule has 0 unspecified atom stereocenters. The van der Waals surface area contributed by atoms with Crippen LogP contribution in [0.15, 0.2) is 29.0 Å². The molecule has 30 heavy (non-hydrogen) atoms. The number of benzene rings is 1. The lowest BCUT2D eigenvalue weighted by Gasteiger charge is -2.36. The highest BCUT2D eigenvalue weighted by molar-refractivity contribution is 5.96.